The van der Waals surface area contributed by atoms with Gasteiger partial charge in [-0.3, -0.25) is 4.79 Å². The highest BCUT2D eigenvalue weighted by Crippen LogP contribution is 2.25. The van der Waals surface area contributed by atoms with Crippen LogP contribution in [0.15, 0.2) is 46.7 Å². The number of benzene rings is 1. The second-order valence-corrected chi connectivity index (χ2v) is 8.17. The van der Waals surface area contributed by atoms with E-state index in [1.807, 2.05) is 0 Å². The molecule has 1 aromatic heterocycles. The molecule has 0 radical (unpaired) electrons. The zero-order valence-corrected chi connectivity index (χ0v) is 15.7. The van der Waals surface area contributed by atoms with Gasteiger partial charge in [0.2, 0.25) is 10.0 Å². The highest BCUT2D eigenvalue weighted by Gasteiger charge is 2.27. The molecule has 0 aliphatic rings. The summed E-state index contributed by atoms with van der Waals surface area (Å²) >= 11 is 1.32. The molecule has 2 N–H and O–H groups in total. The maximum atomic E-state index is 12.9. The van der Waals surface area contributed by atoms with Crippen molar-refractivity contribution >= 4 is 33.4 Å². The molecule has 26 heavy (non-hydrogen) atoms. The molecule has 0 fully saturated rings. The Hall–Kier alpha value is -2.20. The second kappa shape index (κ2) is 8.95. The molecule has 0 amide bonds. The van der Waals surface area contributed by atoms with Crippen LogP contribution in [0.4, 0.5) is 0 Å². The maximum absolute atomic E-state index is 12.9. The summed E-state index contributed by atoms with van der Waals surface area (Å²) in [5.41, 5.74) is 0.740. The van der Waals surface area contributed by atoms with Crippen LogP contribution in [0, 0.1) is 0 Å². The largest absolute Gasteiger partial charge is 0.497 e. The minimum absolute atomic E-state index is 0.0106. The summed E-state index contributed by atoms with van der Waals surface area (Å²) in [6.45, 7) is -0.878. The number of hydrogen-bond acceptors (Lipinski definition) is 6. The first-order valence-electron chi connectivity index (χ1n) is 7.58. The Bertz CT molecular complexity index is 871. The standard InChI is InChI=1S/C17H19NO6S2/c1-24-14-4-6-15(7-5-14)26(22,23)18(12-17(20)21)11-16-13(3-2-9-19)8-10-25-16/h2-8,10,19H,9,11-12H2,1H3,(H,20,21). The van der Waals surface area contributed by atoms with Crippen molar-refractivity contribution in [2.24, 2.45) is 0 Å². The molecule has 1 aromatic carbocycles. The lowest BCUT2D eigenvalue weighted by Crippen LogP contribution is -2.35. The van der Waals surface area contributed by atoms with E-state index in [4.69, 9.17) is 14.9 Å². The van der Waals surface area contributed by atoms with E-state index < -0.39 is 22.5 Å². The number of aliphatic hydroxyl groups is 1. The Labute approximate surface area is 155 Å². The molecule has 7 nitrogen and oxygen atoms in total. The molecule has 0 aliphatic heterocycles. The Morgan fingerprint density at radius 1 is 1.27 bits per heavy atom. The molecule has 0 aliphatic carbocycles. The summed E-state index contributed by atoms with van der Waals surface area (Å²) < 4.78 is 31.7. The molecule has 1 heterocycles. The first-order chi connectivity index (χ1) is 12.4. The van der Waals surface area contributed by atoms with Crippen LogP contribution in [0.5, 0.6) is 5.75 Å². The van der Waals surface area contributed by atoms with Gasteiger partial charge in [-0.15, -0.1) is 11.3 Å². The van der Waals surface area contributed by atoms with Crippen LogP contribution < -0.4 is 4.74 Å². The number of aliphatic carboxylic acids is 1. The number of sulfonamides is 1. The second-order valence-electron chi connectivity index (χ2n) is 5.23. The van der Waals surface area contributed by atoms with Crippen LogP contribution in [0.3, 0.4) is 0 Å². The van der Waals surface area contributed by atoms with Crippen molar-refractivity contribution < 1.29 is 28.2 Å². The SMILES string of the molecule is COc1ccc(S(=O)(=O)N(CC(=O)O)Cc2sccc2C=CCO)cc1. The predicted molar refractivity (Wildman–Crippen MR) is 98.7 cm³/mol. The zero-order valence-electron chi connectivity index (χ0n) is 14.0. The number of carboxylic acids is 1. The number of hydrogen-bond donors (Lipinski definition) is 2. The number of ether oxygens (including phenoxy) is 1. The summed E-state index contributed by atoms with van der Waals surface area (Å²) in [5, 5.41) is 19.8. The zero-order chi connectivity index (χ0) is 19.2. The van der Waals surface area contributed by atoms with Gasteiger partial charge < -0.3 is 14.9 Å². The van der Waals surface area contributed by atoms with Crippen molar-refractivity contribution in [2.75, 3.05) is 20.3 Å². The van der Waals surface area contributed by atoms with Gasteiger partial charge in [0.25, 0.3) is 0 Å². The van der Waals surface area contributed by atoms with Gasteiger partial charge in [-0.1, -0.05) is 12.2 Å². The average Bonchev–Trinajstić information content (AvgIpc) is 3.06. The van der Waals surface area contributed by atoms with Crippen molar-refractivity contribution in [3.8, 4) is 5.75 Å². The van der Waals surface area contributed by atoms with E-state index in [1.165, 1.54) is 48.8 Å². The topological polar surface area (TPSA) is 104 Å². The Balaban J connectivity index is 2.35. The highest BCUT2D eigenvalue weighted by atomic mass is 32.2. The Kier molecular flexibility index (Phi) is 6.92. The van der Waals surface area contributed by atoms with Gasteiger partial charge in [-0.25, -0.2) is 8.42 Å². The number of carboxylic acid groups (broad SMARTS) is 1. The van der Waals surface area contributed by atoms with Gasteiger partial charge in [-0.05, 0) is 41.3 Å². The highest BCUT2D eigenvalue weighted by molar-refractivity contribution is 7.89. The van der Waals surface area contributed by atoms with E-state index in [0.717, 1.165) is 9.87 Å². The summed E-state index contributed by atoms with van der Waals surface area (Å²) in [6, 6.07) is 7.55. The van der Waals surface area contributed by atoms with Crippen LogP contribution in [-0.4, -0.2) is 49.2 Å². The van der Waals surface area contributed by atoms with Crippen LogP contribution in [0.25, 0.3) is 6.08 Å². The first kappa shape index (κ1) is 20.1. The number of methoxy groups -OCH3 is 1. The number of carbonyl (C=O) groups is 1. The molecule has 2 rings (SSSR count). The number of rotatable bonds is 9. The molecular weight excluding hydrogens is 378 g/mol. The molecule has 0 bridgehead atoms. The summed E-state index contributed by atoms with van der Waals surface area (Å²) in [4.78, 5) is 11.9. The Morgan fingerprint density at radius 3 is 2.54 bits per heavy atom. The van der Waals surface area contributed by atoms with Crippen molar-refractivity contribution in [3.63, 3.8) is 0 Å². The molecule has 0 atom stereocenters. The van der Waals surface area contributed by atoms with Crippen LogP contribution >= 0.6 is 11.3 Å². The third-order valence-corrected chi connectivity index (χ3v) is 6.24. The fraction of sp³-hybridized carbons (Fsp3) is 0.235. The molecule has 2 aromatic rings. The van der Waals surface area contributed by atoms with Crippen LogP contribution in [0.1, 0.15) is 10.4 Å². The van der Waals surface area contributed by atoms with Gasteiger partial charge in [-0.2, -0.15) is 4.31 Å². The van der Waals surface area contributed by atoms with Gasteiger partial charge >= 0.3 is 5.97 Å². The quantitative estimate of drug-likeness (QED) is 0.671. The lowest BCUT2D eigenvalue weighted by atomic mass is 10.2. The first-order valence-corrected chi connectivity index (χ1v) is 9.90. The lowest BCUT2D eigenvalue weighted by molar-refractivity contribution is -0.137. The van der Waals surface area contributed by atoms with Crippen molar-refractivity contribution in [1.82, 2.24) is 4.31 Å². The fourth-order valence-electron chi connectivity index (χ4n) is 2.24. The van der Waals surface area contributed by atoms with Crippen LogP contribution in [0.2, 0.25) is 0 Å². The summed E-state index contributed by atoms with van der Waals surface area (Å²) in [7, 11) is -2.53. The van der Waals surface area contributed by atoms with Crippen LogP contribution in [-0.2, 0) is 21.4 Å². The fourth-order valence-corrected chi connectivity index (χ4v) is 4.56. The minimum atomic E-state index is -4.00. The number of thiophene rings is 1. The molecule has 9 heteroatoms. The van der Waals surface area contributed by atoms with Crippen molar-refractivity contribution in [1.29, 1.82) is 0 Å². The number of nitrogens with zero attached hydrogens (tertiary/aromatic N) is 1. The third-order valence-electron chi connectivity index (χ3n) is 3.51. The number of aliphatic hydroxyl groups excluding tert-OH is 1. The van der Waals surface area contributed by atoms with Crippen molar-refractivity contribution in [2.45, 2.75) is 11.4 Å². The van der Waals surface area contributed by atoms with Gasteiger partial charge in [0, 0.05) is 11.4 Å². The smallest absolute Gasteiger partial charge is 0.318 e. The van der Waals surface area contributed by atoms with E-state index in [-0.39, 0.29) is 18.0 Å². The average molecular weight is 397 g/mol. The normalized spacial score (nSPS) is 12.0. The molecule has 140 valence electrons. The van der Waals surface area contributed by atoms with E-state index in [9.17, 15) is 13.2 Å². The molecule has 0 unspecified atom stereocenters. The molecule has 0 saturated carbocycles. The third kappa shape index (κ3) is 4.92. The predicted octanol–water partition coefficient (Wildman–Crippen LogP) is 2.04. The van der Waals surface area contributed by atoms with Gasteiger partial charge in [0.15, 0.2) is 0 Å². The maximum Gasteiger partial charge on any atom is 0.318 e. The van der Waals surface area contributed by atoms with Gasteiger partial charge in [0.05, 0.1) is 18.6 Å². The van der Waals surface area contributed by atoms with E-state index in [0.29, 0.717) is 10.6 Å². The molecular formula is C17H19NO6S2. The summed E-state index contributed by atoms with van der Waals surface area (Å²) in [5.74, 6) is -0.741. The van der Waals surface area contributed by atoms with Crippen molar-refractivity contribution in [3.05, 3.63) is 52.2 Å². The van der Waals surface area contributed by atoms with Gasteiger partial charge in [0.1, 0.15) is 12.3 Å². The monoisotopic (exact) mass is 397 g/mol. The summed E-state index contributed by atoms with van der Waals surface area (Å²) in [6.07, 6.45) is 3.20. The molecule has 0 spiro atoms. The molecule has 0 saturated heterocycles. The lowest BCUT2D eigenvalue weighted by Gasteiger charge is -2.20. The Morgan fingerprint density at radius 2 is 1.96 bits per heavy atom. The van der Waals surface area contributed by atoms with E-state index in [2.05, 4.69) is 0 Å². The van der Waals surface area contributed by atoms with E-state index in [1.54, 1.807) is 17.5 Å². The minimum Gasteiger partial charge on any atom is -0.497 e. The van der Waals surface area contributed by atoms with E-state index >= 15 is 0 Å².